The lowest BCUT2D eigenvalue weighted by Crippen LogP contribution is -2.18. The third-order valence-corrected chi connectivity index (χ3v) is 19.7. The summed E-state index contributed by atoms with van der Waals surface area (Å²) < 4.78 is 4.56. The van der Waals surface area contributed by atoms with Gasteiger partial charge in [0.15, 0.2) is 0 Å². The number of fused-ring (bicyclic) bond motifs is 11. The molecule has 2 aromatic heterocycles. The van der Waals surface area contributed by atoms with Crippen LogP contribution in [0.1, 0.15) is 74.9 Å². The molecule has 0 saturated heterocycles. The van der Waals surface area contributed by atoms with Crippen molar-refractivity contribution < 1.29 is 0 Å². The molecule has 0 saturated carbocycles. The van der Waals surface area contributed by atoms with E-state index < -0.39 is 0 Å². The number of para-hydroxylation sites is 6. The van der Waals surface area contributed by atoms with Crippen LogP contribution in [0.4, 0.5) is 34.1 Å². The molecule has 3 aliphatic rings. The highest BCUT2D eigenvalue weighted by atomic mass is 15.2. The number of hydrogen-bond donors (Lipinski definition) is 0. The summed E-state index contributed by atoms with van der Waals surface area (Å²) in [6.07, 6.45) is 0. The summed E-state index contributed by atoms with van der Waals surface area (Å²) in [5.41, 5.74) is 29.9. The quantitative estimate of drug-likeness (QED) is 0.137. The first-order chi connectivity index (χ1) is 43.4. The van der Waals surface area contributed by atoms with Gasteiger partial charge in [0.1, 0.15) is 11.6 Å². The molecule has 6 nitrogen and oxygen atoms in total. The molecule has 89 heavy (non-hydrogen) atoms. The van der Waals surface area contributed by atoms with Crippen molar-refractivity contribution in [3.8, 4) is 67.5 Å². The fourth-order valence-electron chi connectivity index (χ4n) is 15.2. The Morgan fingerprint density at radius 2 is 0.539 bits per heavy atom. The van der Waals surface area contributed by atoms with Crippen LogP contribution < -0.4 is 9.80 Å². The average molecular weight is 1150 g/mol. The van der Waals surface area contributed by atoms with Crippen molar-refractivity contribution in [2.75, 3.05) is 9.80 Å². The number of nitrogens with zero attached hydrogens (tertiary/aromatic N) is 6. The van der Waals surface area contributed by atoms with E-state index in [1.807, 2.05) is 0 Å². The molecule has 17 rings (SSSR count). The molecule has 426 valence electrons. The van der Waals surface area contributed by atoms with Crippen LogP contribution in [-0.2, 0) is 16.2 Å². The topological polar surface area (TPSA) is 42.1 Å². The maximum absolute atomic E-state index is 5.26. The third kappa shape index (κ3) is 8.02. The lowest BCUT2D eigenvalue weighted by atomic mass is 9.81. The van der Waals surface area contributed by atoms with Gasteiger partial charge in [0.2, 0.25) is 0 Å². The fraction of sp³-hybridized carbons (Fsp3) is 0.108. The molecule has 0 fully saturated rings. The zero-order chi connectivity index (χ0) is 59.9. The molecule has 6 heteroatoms. The van der Waals surface area contributed by atoms with Gasteiger partial charge in [-0.2, -0.15) is 0 Å². The Bertz CT molecular complexity index is 4840. The molecule has 0 amide bonds. The van der Waals surface area contributed by atoms with Crippen LogP contribution >= 0.6 is 0 Å². The van der Waals surface area contributed by atoms with Gasteiger partial charge in [0, 0.05) is 72.9 Å². The van der Waals surface area contributed by atoms with Crippen LogP contribution in [0, 0.1) is 0 Å². The summed E-state index contributed by atoms with van der Waals surface area (Å²) >= 11 is 0. The zero-order valence-electron chi connectivity index (χ0n) is 50.7. The molecular weight excluding hydrogens is 1080 g/mol. The monoisotopic (exact) mass is 1140 g/mol. The van der Waals surface area contributed by atoms with Gasteiger partial charge in [-0.15, -0.1) is 0 Å². The first-order valence-electron chi connectivity index (χ1n) is 31.1. The standard InChI is InChI=1S/C83H64N6/c1-81(2)69-27-15-13-25-63(69)65-45-41-59(49-71(65)81)86(57-37-33-53(34-38-57)79-84-75-29-17-19-31-77(75)88(79)55-21-9-7-10-22-55)61-43-47-67-68-48-44-62(52-74(68)83(5,6)73(67)51-61)87(60-42-46-66-64-26-14-16-28-70(64)82(3,4)72(66)50-60)58-39-35-54(36-40-58)80-85-76-30-18-20-32-78(76)89(80)56-23-11-8-12-24-56/h7-52H,1-6H3. The van der Waals surface area contributed by atoms with Crippen molar-refractivity contribution in [3.05, 3.63) is 312 Å². The number of aromatic nitrogens is 4. The number of hydrogen-bond acceptors (Lipinski definition) is 4. The maximum atomic E-state index is 5.26. The van der Waals surface area contributed by atoms with Crippen molar-refractivity contribution in [2.24, 2.45) is 0 Å². The van der Waals surface area contributed by atoms with Crippen LogP contribution in [0.2, 0.25) is 0 Å². The second kappa shape index (κ2) is 19.6. The molecule has 0 unspecified atom stereocenters. The minimum atomic E-state index is -0.363. The van der Waals surface area contributed by atoms with Crippen LogP contribution in [-0.4, -0.2) is 19.1 Å². The predicted molar refractivity (Wildman–Crippen MR) is 369 cm³/mol. The van der Waals surface area contributed by atoms with Gasteiger partial charge in [-0.3, -0.25) is 9.13 Å². The van der Waals surface area contributed by atoms with E-state index >= 15 is 0 Å². The van der Waals surface area contributed by atoms with E-state index in [1.54, 1.807) is 0 Å². The van der Waals surface area contributed by atoms with E-state index in [4.69, 9.17) is 9.97 Å². The van der Waals surface area contributed by atoms with Gasteiger partial charge < -0.3 is 9.80 Å². The SMILES string of the molecule is CC1(C)c2ccccc2-c2ccc(N(c3ccc(-c4nc5ccccc5n4-c4ccccc4)cc3)c3ccc4c(c3)C(C)(C)c3cc(N(c5ccc(-c6nc7ccccc7n6-c6ccccc6)cc5)c5ccc6c(c5)C(C)(C)c5ccccc5-6)ccc3-4)cc21. The molecule has 0 atom stereocenters. The van der Waals surface area contributed by atoms with E-state index in [-0.39, 0.29) is 16.2 Å². The van der Waals surface area contributed by atoms with Crippen molar-refractivity contribution in [3.63, 3.8) is 0 Å². The lowest BCUT2D eigenvalue weighted by Gasteiger charge is -2.30. The summed E-state index contributed by atoms with van der Waals surface area (Å²) in [6, 6.07) is 102. The van der Waals surface area contributed by atoms with Crippen molar-refractivity contribution in [1.82, 2.24) is 19.1 Å². The fourth-order valence-corrected chi connectivity index (χ4v) is 15.2. The Morgan fingerprint density at radius 1 is 0.258 bits per heavy atom. The molecule has 0 aliphatic heterocycles. The van der Waals surface area contributed by atoms with Gasteiger partial charge in [-0.1, -0.05) is 175 Å². The molecule has 0 bridgehead atoms. The first-order valence-corrected chi connectivity index (χ1v) is 31.1. The molecule has 14 aromatic rings. The van der Waals surface area contributed by atoms with E-state index in [1.165, 1.54) is 66.8 Å². The third-order valence-electron chi connectivity index (χ3n) is 19.7. The van der Waals surface area contributed by atoms with E-state index in [0.717, 1.165) is 90.3 Å². The molecule has 12 aromatic carbocycles. The number of rotatable bonds is 10. The van der Waals surface area contributed by atoms with Crippen molar-refractivity contribution >= 4 is 56.2 Å². The van der Waals surface area contributed by atoms with E-state index in [2.05, 4.69) is 340 Å². The Hall–Kier alpha value is -10.8. The van der Waals surface area contributed by atoms with Crippen molar-refractivity contribution in [2.45, 2.75) is 57.8 Å². The Morgan fingerprint density at radius 3 is 0.899 bits per heavy atom. The Kier molecular flexibility index (Phi) is 11.6. The lowest BCUT2D eigenvalue weighted by molar-refractivity contribution is 0.660. The second-order valence-corrected chi connectivity index (χ2v) is 25.8. The van der Waals surface area contributed by atoms with Gasteiger partial charge in [-0.25, -0.2) is 9.97 Å². The van der Waals surface area contributed by atoms with E-state index in [9.17, 15) is 0 Å². The van der Waals surface area contributed by atoms with Gasteiger partial charge in [-0.05, 0) is 212 Å². The molecule has 3 aliphatic carbocycles. The largest absolute Gasteiger partial charge is 0.310 e. The number of anilines is 6. The highest BCUT2D eigenvalue weighted by Gasteiger charge is 2.40. The van der Waals surface area contributed by atoms with Crippen LogP contribution in [0.5, 0.6) is 0 Å². The van der Waals surface area contributed by atoms with Gasteiger partial charge >= 0.3 is 0 Å². The van der Waals surface area contributed by atoms with Gasteiger partial charge in [0.05, 0.1) is 22.1 Å². The first kappa shape index (κ1) is 52.5. The molecule has 2 heterocycles. The van der Waals surface area contributed by atoms with Crippen LogP contribution in [0.3, 0.4) is 0 Å². The molecule has 0 spiro atoms. The highest BCUT2D eigenvalue weighted by molar-refractivity contribution is 5.93. The minimum Gasteiger partial charge on any atom is -0.310 e. The normalized spacial score (nSPS) is 14.2. The summed E-state index contributed by atoms with van der Waals surface area (Å²) in [5.74, 6) is 1.82. The Labute approximate surface area is 519 Å². The van der Waals surface area contributed by atoms with Crippen LogP contribution in [0.15, 0.2) is 279 Å². The zero-order valence-corrected chi connectivity index (χ0v) is 50.7. The molecule has 0 radical (unpaired) electrons. The minimum absolute atomic E-state index is 0.176. The molecule has 0 N–H and O–H groups in total. The van der Waals surface area contributed by atoms with E-state index in [0.29, 0.717) is 0 Å². The molecular formula is C83H64N6. The maximum Gasteiger partial charge on any atom is 0.145 e. The number of imidazole rings is 2. The van der Waals surface area contributed by atoms with Gasteiger partial charge in [0.25, 0.3) is 0 Å². The highest BCUT2D eigenvalue weighted by Crippen LogP contribution is 2.56. The average Bonchev–Trinajstić information content (AvgIpc) is 1.76. The van der Waals surface area contributed by atoms with Crippen LogP contribution in [0.25, 0.3) is 89.6 Å². The summed E-state index contributed by atoms with van der Waals surface area (Å²) in [5, 5.41) is 0. The number of benzene rings is 12. The predicted octanol–water partition coefficient (Wildman–Crippen LogP) is 21.6. The summed E-state index contributed by atoms with van der Waals surface area (Å²) in [4.78, 5) is 15.4. The second-order valence-electron chi connectivity index (χ2n) is 25.8. The van der Waals surface area contributed by atoms with Crippen molar-refractivity contribution in [1.29, 1.82) is 0 Å². The summed E-state index contributed by atoms with van der Waals surface area (Å²) in [7, 11) is 0. The smallest absolute Gasteiger partial charge is 0.145 e. The Balaban J connectivity index is 0.783. The summed E-state index contributed by atoms with van der Waals surface area (Å²) in [6.45, 7) is 14.3.